The maximum Gasteiger partial charge on any atom is 0.296 e. The average Bonchev–Trinajstić information content (AvgIpc) is 3.05. The van der Waals surface area contributed by atoms with Gasteiger partial charge in [-0.2, -0.15) is 16.8 Å². The number of hydrogen-bond donors (Lipinski definition) is 3. The van der Waals surface area contributed by atoms with Gasteiger partial charge in [-0.25, -0.2) is 4.99 Å². The van der Waals surface area contributed by atoms with Gasteiger partial charge in [0.25, 0.3) is 20.2 Å². The Balaban J connectivity index is 1.73. The Hall–Kier alpha value is -5.01. The zero-order chi connectivity index (χ0) is 37.2. The second-order valence-corrected chi connectivity index (χ2v) is 15.6. The molecular weight excluding hydrogens is 689 g/mol. The minimum Gasteiger partial charge on any atom is -0.496 e. The summed E-state index contributed by atoms with van der Waals surface area (Å²) < 4.78 is 84.1. The van der Waals surface area contributed by atoms with E-state index in [0.29, 0.717) is 33.7 Å². The lowest BCUT2D eigenvalue weighted by atomic mass is 9.93. The van der Waals surface area contributed by atoms with E-state index < -0.39 is 25.1 Å². The molecule has 6 rings (SSSR count). The summed E-state index contributed by atoms with van der Waals surface area (Å²) in [6, 6.07) is 17.8. The second-order valence-electron chi connectivity index (χ2n) is 12.8. The van der Waals surface area contributed by atoms with Crippen molar-refractivity contribution in [3.63, 3.8) is 0 Å². The second kappa shape index (κ2) is 13.0. The third-order valence-corrected chi connectivity index (χ3v) is 11.2. The van der Waals surface area contributed by atoms with E-state index in [2.05, 4.69) is 25.2 Å². The van der Waals surface area contributed by atoms with Crippen LogP contribution in [0, 0.1) is 48.5 Å². The van der Waals surface area contributed by atoms with Crippen molar-refractivity contribution in [1.29, 1.82) is 0 Å². The Bertz CT molecular complexity index is 2680. The van der Waals surface area contributed by atoms with E-state index in [-0.39, 0.29) is 32.7 Å². The Morgan fingerprint density at radius 2 is 1.35 bits per heavy atom. The van der Waals surface area contributed by atoms with Gasteiger partial charge in [0.05, 0.1) is 18.2 Å². The lowest BCUT2D eigenvalue weighted by molar-refractivity contribution is 0.408. The zero-order valence-electron chi connectivity index (χ0n) is 29.5. The fourth-order valence-corrected chi connectivity index (χ4v) is 8.19. The van der Waals surface area contributed by atoms with Crippen LogP contribution in [0.15, 0.2) is 85.9 Å². The van der Waals surface area contributed by atoms with Crippen LogP contribution >= 0.6 is 0 Å². The Morgan fingerprint density at radius 1 is 0.686 bits per heavy atom. The summed E-state index contributed by atoms with van der Waals surface area (Å²) in [6.07, 6.45) is 0. The minimum atomic E-state index is -4.89. The predicted octanol–water partition coefficient (Wildman–Crippen LogP) is 8.84. The molecule has 1 heterocycles. The zero-order valence-corrected chi connectivity index (χ0v) is 31.1. The van der Waals surface area contributed by atoms with Crippen LogP contribution in [0.5, 0.6) is 5.75 Å². The van der Waals surface area contributed by atoms with Gasteiger partial charge >= 0.3 is 0 Å². The smallest absolute Gasteiger partial charge is 0.296 e. The van der Waals surface area contributed by atoms with E-state index in [4.69, 9.17) is 14.1 Å². The molecule has 0 bridgehead atoms. The highest BCUT2D eigenvalue weighted by atomic mass is 32.2. The van der Waals surface area contributed by atoms with E-state index in [1.807, 2.05) is 40.7 Å². The number of nitrogens with zero attached hydrogens (tertiary/aromatic N) is 1. The van der Waals surface area contributed by atoms with Crippen LogP contribution in [0.1, 0.15) is 38.9 Å². The third-order valence-electron chi connectivity index (χ3n) is 9.44. The lowest BCUT2D eigenvalue weighted by Gasteiger charge is -2.20. The molecule has 4 aromatic rings. The number of fused-ring (bicyclic) bond motifs is 2. The van der Waals surface area contributed by atoms with Crippen molar-refractivity contribution in [3.8, 4) is 28.2 Å². The number of aryl methyl sites for hydroxylation is 4. The van der Waals surface area contributed by atoms with Crippen molar-refractivity contribution < 1.29 is 35.1 Å². The van der Waals surface area contributed by atoms with Crippen molar-refractivity contribution in [2.75, 3.05) is 12.4 Å². The van der Waals surface area contributed by atoms with E-state index >= 15 is 0 Å². The van der Waals surface area contributed by atoms with Gasteiger partial charge in [0.2, 0.25) is 0 Å². The standard InChI is InChI=1S/C39H38N2O8S2/c1-20-15-21(2)37(25(6)24(20)5)40-27-13-14-28-32(17-27)49-33-19-31(41-38-22(3)16-23(4)39(48-8)26(38)7)35(51(45,46)47)18-30(33)36(28)29-11-9-10-12-34(29)50(42,43)44/h9-19,40H,1-8H3,(H,42,43,44)(H,45,46,47)/b41-31-. The molecule has 51 heavy (non-hydrogen) atoms. The maximum atomic E-state index is 13.0. The number of methoxy groups -OCH3 is 1. The molecule has 0 unspecified atom stereocenters. The van der Waals surface area contributed by atoms with E-state index in [9.17, 15) is 25.9 Å². The van der Waals surface area contributed by atoms with Gasteiger partial charge in [-0.3, -0.25) is 9.11 Å². The van der Waals surface area contributed by atoms with Crippen LogP contribution in [0.4, 0.5) is 17.1 Å². The average molecular weight is 727 g/mol. The fraction of sp³-hybridized carbons (Fsp3) is 0.205. The molecule has 1 aliphatic carbocycles. The van der Waals surface area contributed by atoms with Crippen molar-refractivity contribution in [3.05, 3.63) is 111 Å². The molecule has 3 N–H and O–H groups in total. The van der Waals surface area contributed by atoms with Gasteiger partial charge in [-0.05, 0) is 106 Å². The molecule has 0 spiro atoms. The molecule has 0 fully saturated rings. The lowest BCUT2D eigenvalue weighted by Crippen LogP contribution is -2.16. The van der Waals surface area contributed by atoms with Crippen LogP contribution in [0.2, 0.25) is 0 Å². The topological polar surface area (TPSA) is 156 Å². The van der Waals surface area contributed by atoms with E-state index in [1.165, 1.54) is 43.0 Å². The SMILES string of the molecule is COc1c(C)cc(C)c(/N=c2/cc3oc4cc(Nc5c(C)cc(C)c(C)c5C)ccc4c(-c4ccccc4S(=O)(=O)O)c-3cc2S(=O)(=O)O)c1C. The first-order valence-corrected chi connectivity index (χ1v) is 18.9. The molecule has 0 radical (unpaired) electrons. The molecule has 264 valence electrons. The highest BCUT2D eigenvalue weighted by Crippen LogP contribution is 2.44. The van der Waals surface area contributed by atoms with Gasteiger partial charge in [0.1, 0.15) is 26.9 Å². The summed E-state index contributed by atoms with van der Waals surface area (Å²) in [7, 11) is -8.08. The monoisotopic (exact) mass is 726 g/mol. The summed E-state index contributed by atoms with van der Waals surface area (Å²) in [4.78, 5) is 3.82. The molecule has 0 aromatic heterocycles. The molecule has 4 aromatic carbocycles. The summed E-state index contributed by atoms with van der Waals surface area (Å²) in [5.41, 5.74) is 9.72. The number of rotatable bonds is 7. The largest absolute Gasteiger partial charge is 0.496 e. The number of anilines is 2. The maximum absolute atomic E-state index is 13.0. The third kappa shape index (κ3) is 6.51. The van der Waals surface area contributed by atoms with Crippen molar-refractivity contribution in [1.82, 2.24) is 0 Å². The minimum absolute atomic E-state index is 0.102. The molecule has 10 nitrogen and oxygen atoms in total. The highest BCUT2D eigenvalue weighted by Gasteiger charge is 2.27. The first-order chi connectivity index (χ1) is 23.9. The summed E-state index contributed by atoms with van der Waals surface area (Å²) in [5.74, 6) is 0.737. The number of ether oxygens (including phenoxy) is 1. The Kier molecular flexibility index (Phi) is 9.09. The van der Waals surface area contributed by atoms with E-state index in [1.54, 1.807) is 24.3 Å². The van der Waals surface area contributed by atoms with Crippen molar-refractivity contribution in [2.24, 2.45) is 4.99 Å². The molecule has 12 heteroatoms. The molecule has 0 saturated carbocycles. The van der Waals surface area contributed by atoms with E-state index in [0.717, 1.165) is 33.5 Å². The van der Waals surface area contributed by atoms with Gasteiger partial charge in [-0.15, -0.1) is 0 Å². The fourth-order valence-electron chi connectivity index (χ4n) is 6.85. The Labute approximate surface area is 297 Å². The van der Waals surface area contributed by atoms with Crippen LogP contribution in [0.3, 0.4) is 0 Å². The van der Waals surface area contributed by atoms with Crippen LogP contribution in [-0.4, -0.2) is 33.1 Å². The normalized spacial score (nSPS) is 12.5. The molecule has 0 atom stereocenters. The summed E-state index contributed by atoms with van der Waals surface area (Å²) in [6.45, 7) is 13.7. The molecule has 2 aliphatic rings. The highest BCUT2D eigenvalue weighted by molar-refractivity contribution is 7.86. The predicted molar refractivity (Wildman–Crippen MR) is 199 cm³/mol. The molecule has 0 amide bonds. The summed E-state index contributed by atoms with van der Waals surface area (Å²) >= 11 is 0. The van der Waals surface area contributed by atoms with Gasteiger partial charge in [-0.1, -0.05) is 30.3 Å². The first-order valence-electron chi connectivity index (χ1n) is 16.0. The quantitative estimate of drug-likeness (QED) is 0.108. The number of nitrogens with one attached hydrogen (secondary N) is 1. The van der Waals surface area contributed by atoms with Gasteiger partial charge in [0, 0.05) is 51.1 Å². The summed E-state index contributed by atoms with van der Waals surface area (Å²) in [5, 5.41) is 3.83. The van der Waals surface area contributed by atoms with Crippen molar-refractivity contribution in [2.45, 2.75) is 58.3 Å². The van der Waals surface area contributed by atoms with Crippen LogP contribution in [-0.2, 0) is 20.2 Å². The van der Waals surface area contributed by atoms with Crippen LogP contribution in [0.25, 0.3) is 33.4 Å². The number of benzene rings is 5. The van der Waals surface area contributed by atoms with Gasteiger partial charge in [0.15, 0.2) is 0 Å². The molecular formula is C39H38N2O8S2. The van der Waals surface area contributed by atoms with Gasteiger partial charge < -0.3 is 14.5 Å². The first kappa shape index (κ1) is 35.8. The molecule has 1 aliphatic heterocycles. The van der Waals surface area contributed by atoms with Crippen LogP contribution < -0.4 is 15.4 Å². The Morgan fingerprint density at radius 3 is 2.02 bits per heavy atom. The number of hydrogen-bond acceptors (Lipinski definition) is 8. The molecule has 0 saturated heterocycles. The van der Waals surface area contributed by atoms with Crippen molar-refractivity contribution >= 4 is 48.3 Å².